The first-order valence-corrected chi connectivity index (χ1v) is 15.3. The van der Waals surface area contributed by atoms with Crippen molar-refractivity contribution < 1.29 is 35.9 Å². The Hall–Kier alpha value is -4.97. The van der Waals surface area contributed by atoms with Crippen molar-refractivity contribution in [3.05, 3.63) is 126 Å². The summed E-state index contributed by atoms with van der Waals surface area (Å²) in [5.41, 5.74) is 0.363. The number of fused-ring (bicyclic) bond motifs is 3. The van der Waals surface area contributed by atoms with E-state index in [1.807, 2.05) is 34.9 Å². The fourth-order valence-corrected chi connectivity index (χ4v) is 6.42. The number of rotatable bonds is 9. The number of alkyl halides is 6. The summed E-state index contributed by atoms with van der Waals surface area (Å²) in [4.78, 5) is 32.1. The van der Waals surface area contributed by atoms with Crippen molar-refractivity contribution in [2.24, 2.45) is 5.92 Å². The van der Waals surface area contributed by atoms with Crippen molar-refractivity contribution >= 4 is 43.9 Å². The number of carbonyl (C=O) groups excluding carboxylic acids is 2. The third kappa shape index (κ3) is 7.38. The highest BCUT2D eigenvalue weighted by Gasteiger charge is 2.37. The first-order valence-electron chi connectivity index (χ1n) is 14.5. The van der Waals surface area contributed by atoms with Crippen molar-refractivity contribution in [1.29, 1.82) is 0 Å². The number of hydrogen-bond acceptors (Lipinski definition) is 4. The number of carbonyl (C=O) groups is 2. The van der Waals surface area contributed by atoms with Gasteiger partial charge in [0.2, 0.25) is 5.91 Å². The van der Waals surface area contributed by atoms with Gasteiger partial charge in [0.25, 0.3) is 0 Å². The molecule has 0 saturated heterocycles. The SMILES string of the molecule is O=C(Cc1cc(C(F)(F)F)cc(C(F)(F)F)c1)C[C@H](Cc1ccccc1)C(=O)Nc1ccc(-c2cn3c(n2)sc2ccccc23)cc1. The van der Waals surface area contributed by atoms with E-state index in [2.05, 4.69) is 5.32 Å². The van der Waals surface area contributed by atoms with Crippen molar-refractivity contribution in [3.63, 3.8) is 0 Å². The molecule has 0 aliphatic carbocycles. The van der Waals surface area contributed by atoms with Gasteiger partial charge in [-0.2, -0.15) is 26.3 Å². The van der Waals surface area contributed by atoms with E-state index in [1.165, 1.54) is 0 Å². The van der Waals surface area contributed by atoms with E-state index in [4.69, 9.17) is 4.98 Å². The highest BCUT2D eigenvalue weighted by Crippen LogP contribution is 2.37. The van der Waals surface area contributed by atoms with Gasteiger partial charge in [-0.3, -0.25) is 14.0 Å². The molecule has 0 saturated carbocycles. The van der Waals surface area contributed by atoms with Gasteiger partial charge in [0.05, 0.1) is 27.0 Å². The molecule has 5 nitrogen and oxygen atoms in total. The van der Waals surface area contributed by atoms with Gasteiger partial charge in [-0.25, -0.2) is 4.98 Å². The second-order valence-electron chi connectivity index (χ2n) is 11.1. The molecule has 4 aromatic carbocycles. The summed E-state index contributed by atoms with van der Waals surface area (Å²) in [6.45, 7) is 0. The van der Waals surface area contributed by atoms with Crippen LogP contribution in [0.1, 0.15) is 28.7 Å². The molecule has 6 aromatic rings. The maximum Gasteiger partial charge on any atom is 0.416 e. The summed E-state index contributed by atoms with van der Waals surface area (Å²) < 4.78 is 83.2. The van der Waals surface area contributed by atoms with Gasteiger partial charge in [-0.15, -0.1) is 0 Å². The zero-order valence-corrected chi connectivity index (χ0v) is 25.2. The fourth-order valence-electron chi connectivity index (χ4n) is 5.41. The monoisotopic (exact) mass is 665 g/mol. The minimum absolute atomic E-state index is 0.0163. The van der Waals surface area contributed by atoms with Gasteiger partial charge < -0.3 is 5.32 Å². The Morgan fingerprint density at radius 1 is 0.787 bits per heavy atom. The quantitative estimate of drug-likeness (QED) is 0.157. The largest absolute Gasteiger partial charge is 0.416 e. The zero-order chi connectivity index (χ0) is 33.3. The third-order valence-corrected chi connectivity index (χ3v) is 8.70. The molecular formula is C35H25F6N3O2S. The first-order chi connectivity index (χ1) is 22.3. The standard InChI is InChI=1S/C35H25F6N3O2S/c36-34(37,38)25-15-22(16-26(19-25)35(39,40)41)17-28(45)18-24(14-21-6-2-1-3-7-21)32(46)42-27-12-10-23(11-13-27)29-20-44-30-8-4-5-9-31(30)47-33(44)43-29/h1-13,15-16,19-20,24H,14,17-18H2,(H,42,46)/t24-/m0/s1. The highest BCUT2D eigenvalue weighted by molar-refractivity contribution is 7.23. The number of anilines is 1. The first kappa shape index (κ1) is 32.0. The van der Waals surface area contributed by atoms with Gasteiger partial charge in [0.15, 0.2) is 4.96 Å². The van der Waals surface area contributed by atoms with E-state index in [-0.39, 0.29) is 12.5 Å². The molecule has 0 aliphatic rings. The molecule has 0 spiro atoms. The molecule has 1 amide bonds. The number of nitrogens with zero attached hydrogens (tertiary/aromatic N) is 2. The molecule has 240 valence electrons. The third-order valence-electron chi connectivity index (χ3n) is 7.67. The minimum Gasteiger partial charge on any atom is -0.326 e. The predicted molar refractivity (Wildman–Crippen MR) is 168 cm³/mol. The minimum atomic E-state index is -5.04. The number of benzene rings is 4. The summed E-state index contributed by atoms with van der Waals surface area (Å²) in [6, 6.07) is 24.9. The number of aromatic nitrogens is 2. The number of para-hydroxylation sites is 1. The predicted octanol–water partition coefficient (Wildman–Crippen LogP) is 9.25. The molecule has 0 fully saturated rings. The van der Waals surface area contributed by atoms with E-state index in [0.29, 0.717) is 17.8 Å². The summed E-state index contributed by atoms with van der Waals surface area (Å²) in [5.74, 6) is -2.12. The molecule has 0 bridgehead atoms. The Kier molecular flexibility index (Phi) is 8.63. The molecule has 1 N–H and O–H groups in total. The number of hydrogen-bond donors (Lipinski definition) is 1. The topological polar surface area (TPSA) is 63.5 Å². The van der Waals surface area contributed by atoms with Crippen molar-refractivity contribution in [2.45, 2.75) is 31.6 Å². The number of nitrogens with one attached hydrogen (secondary N) is 1. The maximum atomic E-state index is 13.5. The van der Waals surface area contributed by atoms with Crippen LogP contribution in [-0.4, -0.2) is 21.1 Å². The molecule has 0 radical (unpaired) electrons. The number of Topliss-reactive ketones (excluding diaryl/α,β-unsaturated/α-hetero) is 1. The molecule has 6 rings (SSSR count). The lowest BCUT2D eigenvalue weighted by atomic mass is 9.90. The molecule has 2 aromatic heterocycles. The Morgan fingerprint density at radius 3 is 2.09 bits per heavy atom. The van der Waals surface area contributed by atoms with Gasteiger partial charge in [0, 0.05) is 36.2 Å². The van der Waals surface area contributed by atoms with Crippen LogP contribution in [0.3, 0.4) is 0 Å². The van der Waals surface area contributed by atoms with Gasteiger partial charge in [0.1, 0.15) is 5.78 Å². The lowest BCUT2D eigenvalue weighted by Crippen LogP contribution is -2.27. The summed E-state index contributed by atoms with van der Waals surface area (Å²) in [5, 5.41) is 2.80. The maximum absolute atomic E-state index is 13.5. The smallest absolute Gasteiger partial charge is 0.326 e. The van der Waals surface area contributed by atoms with Crippen molar-refractivity contribution in [1.82, 2.24) is 9.38 Å². The van der Waals surface area contributed by atoms with E-state index in [0.717, 1.165) is 32.0 Å². The van der Waals surface area contributed by atoms with Crippen LogP contribution in [0.25, 0.3) is 26.4 Å². The van der Waals surface area contributed by atoms with E-state index < -0.39 is 59.5 Å². The molecule has 12 heteroatoms. The van der Waals surface area contributed by atoms with E-state index in [9.17, 15) is 35.9 Å². The van der Waals surface area contributed by atoms with Crippen LogP contribution in [0.15, 0.2) is 103 Å². The van der Waals surface area contributed by atoms with Gasteiger partial charge in [-0.05, 0) is 60.0 Å². The molecule has 0 unspecified atom stereocenters. The molecule has 47 heavy (non-hydrogen) atoms. The number of ketones is 1. The number of thiazole rings is 1. The number of halogens is 6. The van der Waals surface area contributed by atoms with Crippen LogP contribution in [0, 0.1) is 5.92 Å². The average molecular weight is 666 g/mol. The van der Waals surface area contributed by atoms with E-state index in [1.54, 1.807) is 65.9 Å². The number of imidazole rings is 1. The Bertz CT molecular complexity index is 2030. The van der Waals surface area contributed by atoms with Crippen LogP contribution in [-0.2, 0) is 34.8 Å². The van der Waals surface area contributed by atoms with Crippen LogP contribution in [0.4, 0.5) is 32.0 Å². The molecule has 1 atom stereocenters. The molecule has 2 heterocycles. The highest BCUT2D eigenvalue weighted by atomic mass is 32.1. The normalized spacial score (nSPS) is 12.8. The fraction of sp³-hybridized carbons (Fsp3) is 0.171. The summed E-state index contributed by atoms with van der Waals surface area (Å²) >= 11 is 1.57. The van der Waals surface area contributed by atoms with Crippen LogP contribution in [0.5, 0.6) is 0 Å². The Balaban J connectivity index is 1.19. The van der Waals surface area contributed by atoms with Crippen LogP contribution < -0.4 is 5.32 Å². The van der Waals surface area contributed by atoms with Crippen molar-refractivity contribution in [2.75, 3.05) is 5.32 Å². The summed E-state index contributed by atoms with van der Waals surface area (Å²) in [7, 11) is 0. The average Bonchev–Trinajstić information content (AvgIpc) is 3.59. The lowest BCUT2D eigenvalue weighted by Gasteiger charge is -2.18. The van der Waals surface area contributed by atoms with Crippen LogP contribution >= 0.6 is 11.3 Å². The van der Waals surface area contributed by atoms with Gasteiger partial charge in [-0.1, -0.05) is 65.9 Å². The lowest BCUT2D eigenvalue weighted by molar-refractivity contribution is -0.143. The van der Waals surface area contributed by atoms with E-state index >= 15 is 0 Å². The van der Waals surface area contributed by atoms with Crippen LogP contribution in [0.2, 0.25) is 0 Å². The Morgan fingerprint density at radius 2 is 1.43 bits per heavy atom. The molecule has 0 aliphatic heterocycles. The Labute approximate surface area is 268 Å². The summed E-state index contributed by atoms with van der Waals surface area (Å²) in [6.07, 6.45) is -9.09. The second-order valence-corrected chi connectivity index (χ2v) is 12.1. The van der Waals surface area contributed by atoms with Crippen molar-refractivity contribution in [3.8, 4) is 11.3 Å². The second kappa shape index (κ2) is 12.7. The zero-order valence-electron chi connectivity index (χ0n) is 24.4. The van der Waals surface area contributed by atoms with Gasteiger partial charge >= 0.3 is 12.4 Å². The number of amides is 1. The molecular weight excluding hydrogens is 640 g/mol.